The van der Waals surface area contributed by atoms with Gasteiger partial charge < -0.3 is 21.1 Å². The summed E-state index contributed by atoms with van der Waals surface area (Å²) < 4.78 is 0. The molecule has 0 aliphatic rings. The van der Waals surface area contributed by atoms with Crippen molar-refractivity contribution in [2.45, 2.75) is 51.7 Å². The van der Waals surface area contributed by atoms with Crippen molar-refractivity contribution in [1.82, 2.24) is 16.0 Å². The maximum Gasteiger partial charge on any atom is 0.325 e. The Hall–Kier alpha value is -1.77. The number of carbonyl (C=O) groups is 4. The van der Waals surface area contributed by atoms with Gasteiger partial charge in [-0.2, -0.15) is 11.8 Å². The highest BCUT2D eigenvalue weighted by molar-refractivity contribution is 7.98. The molecule has 8 nitrogen and oxygen atoms in total. The quantitative estimate of drug-likeness (QED) is 0.362. The number of carboxylic acid groups (broad SMARTS) is 1. The summed E-state index contributed by atoms with van der Waals surface area (Å²) in [6, 6.07) is -2.64. The number of thioether (sulfide) groups is 1. The molecule has 0 aliphatic heterocycles. The molecule has 3 atom stereocenters. The van der Waals surface area contributed by atoms with Crippen molar-refractivity contribution in [2.75, 3.05) is 12.0 Å². The molecule has 0 aromatic heterocycles. The number of carboxylic acids is 1. The standard InChI is InChI=1S/C15H27N3O5S/c1-9(2)7-12(14(21)17-10(3)15(22)23)18-13(20)11(16-8-19)5-6-24-4/h8-12H,5-7H2,1-4H3,(H,16,19)(H,17,21)(H,18,20)(H,22,23)/t10-,11-,12-/m0/s1. The van der Waals surface area contributed by atoms with Crippen molar-refractivity contribution in [1.29, 1.82) is 0 Å². The van der Waals surface area contributed by atoms with Crippen molar-refractivity contribution in [2.24, 2.45) is 5.92 Å². The number of hydrogen-bond acceptors (Lipinski definition) is 5. The lowest BCUT2D eigenvalue weighted by Crippen LogP contribution is -2.55. The molecule has 0 saturated heterocycles. The Morgan fingerprint density at radius 3 is 2.12 bits per heavy atom. The summed E-state index contributed by atoms with van der Waals surface area (Å²) in [5.74, 6) is -1.37. The summed E-state index contributed by atoms with van der Waals surface area (Å²) in [7, 11) is 0. The van der Waals surface area contributed by atoms with Crippen LogP contribution in [0.1, 0.15) is 33.6 Å². The third kappa shape index (κ3) is 8.76. The number of carbonyl (C=O) groups excluding carboxylic acids is 3. The van der Waals surface area contributed by atoms with E-state index >= 15 is 0 Å². The summed E-state index contributed by atoms with van der Waals surface area (Å²) >= 11 is 1.54. The van der Waals surface area contributed by atoms with Crippen LogP contribution in [-0.2, 0) is 19.2 Å². The van der Waals surface area contributed by atoms with Crippen LogP contribution in [0.4, 0.5) is 0 Å². The van der Waals surface area contributed by atoms with Gasteiger partial charge in [-0.1, -0.05) is 13.8 Å². The molecule has 9 heteroatoms. The maximum atomic E-state index is 12.3. The molecular weight excluding hydrogens is 334 g/mol. The van der Waals surface area contributed by atoms with Crippen molar-refractivity contribution in [3.05, 3.63) is 0 Å². The average molecular weight is 361 g/mol. The van der Waals surface area contributed by atoms with Gasteiger partial charge in [0.05, 0.1) is 0 Å². The zero-order valence-corrected chi connectivity index (χ0v) is 15.3. The monoisotopic (exact) mass is 361 g/mol. The van der Waals surface area contributed by atoms with E-state index in [9.17, 15) is 19.2 Å². The number of hydrogen-bond donors (Lipinski definition) is 4. The molecule has 0 saturated carbocycles. The lowest BCUT2D eigenvalue weighted by Gasteiger charge is -2.24. The van der Waals surface area contributed by atoms with Crippen LogP contribution in [0.2, 0.25) is 0 Å². The fraction of sp³-hybridized carbons (Fsp3) is 0.733. The first-order chi connectivity index (χ1) is 11.2. The molecule has 0 rings (SSSR count). The van der Waals surface area contributed by atoms with Crippen LogP contribution in [0.15, 0.2) is 0 Å². The topological polar surface area (TPSA) is 125 Å². The minimum Gasteiger partial charge on any atom is -0.480 e. The first kappa shape index (κ1) is 22.2. The molecule has 0 aromatic rings. The molecule has 0 heterocycles. The van der Waals surface area contributed by atoms with Crippen LogP contribution in [-0.4, -0.2) is 59.4 Å². The van der Waals surface area contributed by atoms with Crippen LogP contribution in [0.25, 0.3) is 0 Å². The second kappa shape index (κ2) is 11.7. The minimum atomic E-state index is -1.15. The van der Waals surface area contributed by atoms with Gasteiger partial charge in [-0.15, -0.1) is 0 Å². The van der Waals surface area contributed by atoms with Gasteiger partial charge in [-0.3, -0.25) is 19.2 Å². The Kier molecular flexibility index (Phi) is 10.9. The lowest BCUT2D eigenvalue weighted by molar-refractivity contribution is -0.141. The van der Waals surface area contributed by atoms with E-state index in [0.29, 0.717) is 25.0 Å². The van der Waals surface area contributed by atoms with E-state index in [-0.39, 0.29) is 5.92 Å². The van der Waals surface area contributed by atoms with Crippen LogP contribution in [0.5, 0.6) is 0 Å². The Balaban J connectivity index is 4.96. The molecule has 138 valence electrons. The first-order valence-corrected chi connectivity index (χ1v) is 9.14. The van der Waals surface area contributed by atoms with E-state index in [2.05, 4.69) is 16.0 Å². The van der Waals surface area contributed by atoms with Gasteiger partial charge in [-0.25, -0.2) is 0 Å². The van der Waals surface area contributed by atoms with E-state index in [4.69, 9.17) is 5.11 Å². The fourth-order valence-electron chi connectivity index (χ4n) is 1.96. The maximum absolute atomic E-state index is 12.3. The smallest absolute Gasteiger partial charge is 0.325 e. The molecule has 0 bridgehead atoms. The largest absolute Gasteiger partial charge is 0.480 e. The van der Waals surface area contributed by atoms with Gasteiger partial charge in [0.2, 0.25) is 18.2 Å². The SMILES string of the molecule is CSCC[C@H](NC=O)C(=O)N[C@@H](CC(C)C)C(=O)N[C@@H](C)C(=O)O. The zero-order chi connectivity index (χ0) is 18.7. The molecule has 0 spiro atoms. The van der Waals surface area contributed by atoms with E-state index in [1.807, 2.05) is 20.1 Å². The summed E-state index contributed by atoms with van der Waals surface area (Å²) in [5.41, 5.74) is 0. The minimum absolute atomic E-state index is 0.116. The van der Waals surface area contributed by atoms with Gasteiger partial charge in [0, 0.05) is 0 Å². The Morgan fingerprint density at radius 2 is 1.67 bits per heavy atom. The van der Waals surface area contributed by atoms with Crippen molar-refractivity contribution in [3.8, 4) is 0 Å². The fourth-order valence-corrected chi connectivity index (χ4v) is 2.43. The predicted octanol–water partition coefficient (Wildman–Crippen LogP) is -0.0257. The molecular formula is C15H27N3O5S. The Morgan fingerprint density at radius 1 is 1.08 bits per heavy atom. The highest BCUT2D eigenvalue weighted by Crippen LogP contribution is 2.07. The van der Waals surface area contributed by atoms with Gasteiger partial charge >= 0.3 is 5.97 Å². The van der Waals surface area contributed by atoms with E-state index in [1.165, 1.54) is 6.92 Å². The highest BCUT2D eigenvalue weighted by Gasteiger charge is 2.27. The molecule has 4 N–H and O–H groups in total. The van der Waals surface area contributed by atoms with Gasteiger partial charge in [-0.05, 0) is 37.7 Å². The number of aliphatic carboxylic acids is 1. The third-order valence-electron chi connectivity index (χ3n) is 3.27. The number of amides is 3. The van der Waals surface area contributed by atoms with Crippen molar-refractivity contribution >= 4 is 36.0 Å². The highest BCUT2D eigenvalue weighted by atomic mass is 32.2. The van der Waals surface area contributed by atoms with E-state index in [1.54, 1.807) is 11.8 Å². The molecule has 24 heavy (non-hydrogen) atoms. The first-order valence-electron chi connectivity index (χ1n) is 7.75. The summed E-state index contributed by atoms with van der Waals surface area (Å²) in [6.45, 7) is 5.13. The average Bonchev–Trinajstić information content (AvgIpc) is 2.49. The molecule has 0 aromatic carbocycles. The lowest BCUT2D eigenvalue weighted by atomic mass is 10.0. The zero-order valence-electron chi connectivity index (χ0n) is 14.5. The normalized spacial score (nSPS) is 14.4. The second-order valence-corrected chi connectivity index (χ2v) is 6.86. The second-order valence-electron chi connectivity index (χ2n) is 5.88. The molecule has 3 amide bonds. The van der Waals surface area contributed by atoms with Crippen molar-refractivity contribution in [3.63, 3.8) is 0 Å². The van der Waals surface area contributed by atoms with Crippen LogP contribution < -0.4 is 16.0 Å². The Labute approximate surface area is 146 Å². The summed E-state index contributed by atoms with van der Waals surface area (Å²) in [6.07, 6.45) is 3.14. The third-order valence-corrected chi connectivity index (χ3v) is 3.91. The van der Waals surface area contributed by atoms with Gasteiger partial charge in [0.1, 0.15) is 18.1 Å². The van der Waals surface area contributed by atoms with E-state index < -0.39 is 35.9 Å². The number of nitrogens with one attached hydrogen (secondary N) is 3. The summed E-state index contributed by atoms with van der Waals surface area (Å²) in [4.78, 5) is 46.1. The molecule has 0 unspecified atom stereocenters. The predicted molar refractivity (Wildman–Crippen MR) is 92.6 cm³/mol. The van der Waals surface area contributed by atoms with Crippen LogP contribution in [0.3, 0.4) is 0 Å². The molecule has 0 radical (unpaired) electrons. The van der Waals surface area contributed by atoms with Crippen molar-refractivity contribution < 1.29 is 24.3 Å². The van der Waals surface area contributed by atoms with E-state index in [0.717, 1.165) is 0 Å². The number of rotatable bonds is 12. The van der Waals surface area contributed by atoms with Gasteiger partial charge in [0.25, 0.3) is 0 Å². The summed E-state index contributed by atoms with van der Waals surface area (Å²) in [5, 5.41) is 16.3. The Bertz CT molecular complexity index is 445. The van der Waals surface area contributed by atoms with Crippen LogP contribution >= 0.6 is 11.8 Å². The molecule has 0 fully saturated rings. The van der Waals surface area contributed by atoms with Gasteiger partial charge in [0.15, 0.2) is 0 Å². The van der Waals surface area contributed by atoms with Crippen LogP contribution in [0, 0.1) is 5.92 Å². The molecule has 0 aliphatic carbocycles.